The zero-order valence-corrected chi connectivity index (χ0v) is 16.7. The monoisotopic (exact) mass is 424 g/mol. The van der Waals surface area contributed by atoms with E-state index in [0.29, 0.717) is 12.5 Å². The maximum Gasteiger partial charge on any atom is 0.167 e. The lowest BCUT2D eigenvalue weighted by Gasteiger charge is -2.49. The standard InChI is InChI=1S/C17H29IO4/c1-12(18)9-16(4)7-8-17(19-5,20-6)10-13(16)14-11-21-15(2,3)22-14/h9,13-14H,7-8,10-11H2,1-6H3/b12-9+/t13-,14+,16-/m0/s1. The van der Waals surface area contributed by atoms with E-state index in [2.05, 4.69) is 42.5 Å². The van der Waals surface area contributed by atoms with Gasteiger partial charge in [-0.1, -0.05) is 13.0 Å². The smallest absolute Gasteiger partial charge is 0.167 e. The third kappa shape index (κ3) is 3.86. The van der Waals surface area contributed by atoms with Gasteiger partial charge in [0.25, 0.3) is 0 Å². The third-order valence-corrected chi connectivity index (χ3v) is 5.49. The average molecular weight is 424 g/mol. The number of halogens is 1. The fraction of sp³-hybridized carbons (Fsp3) is 0.882. The zero-order chi connectivity index (χ0) is 16.6. The van der Waals surface area contributed by atoms with E-state index in [1.807, 2.05) is 13.8 Å². The van der Waals surface area contributed by atoms with Crippen LogP contribution < -0.4 is 0 Å². The topological polar surface area (TPSA) is 36.9 Å². The average Bonchev–Trinajstić information content (AvgIpc) is 2.79. The first kappa shape index (κ1) is 18.6. The molecule has 0 radical (unpaired) electrons. The Morgan fingerprint density at radius 3 is 2.27 bits per heavy atom. The minimum atomic E-state index is -0.507. The molecule has 0 aromatic carbocycles. The molecule has 0 spiro atoms. The molecule has 0 aromatic heterocycles. The molecule has 22 heavy (non-hydrogen) atoms. The summed E-state index contributed by atoms with van der Waals surface area (Å²) in [5, 5.41) is 0. The summed E-state index contributed by atoms with van der Waals surface area (Å²) < 4.78 is 24.8. The molecule has 0 unspecified atom stereocenters. The molecule has 0 N–H and O–H groups in total. The molecule has 0 bridgehead atoms. The molecule has 1 saturated carbocycles. The summed E-state index contributed by atoms with van der Waals surface area (Å²) in [4.78, 5) is 0. The van der Waals surface area contributed by atoms with E-state index in [-0.39, 0.29) is 11.5 Å². The van der Waals surface area contributed by atoms with Crippen molar-refractivity contribution in [1.29, 1.82) is 0 Å². The summed E-state index contributed by atoms with van der Waals surface area (Å²) in [6.45, 7) is 9.06. The van der Waals surface area contributed by atoms with E-state index in [9.17, 15) is 0 Å². The van der Waals surface area contributed by atoms with Crippen LogP contribution in [0.5, 0.6) is 0 Å². The number of hydrogen-bond donors (Lipinski definition) is 0. The fourth-order valence-electron chi connectivity index (χ4n) is 3.87. The number of methoxy groups -OCH3 is 2. The second kappa shape index (κ2) is 6.67. The fourth-order valence-corrected chi connectivity index (χ4v) is 4.58. The van der Waals surface area contributed by atoms with Crippen molar-refractivity contribution in [2.75, 3.05) is 20.8 Å². The first-order valence-corrected chi connectivity index (χ1v) is 9.00. The summed E-state index contributed by atoms with van der Waals surface area (Å²) in [6.07, 6.45) is 5.17. The predicted octanol–water partition coefficient (Wildman–Crippen LogP) is 4.27. The van der Waals surface area contributed by atoms with Gasteiger partial charge in [0.05, 0.1) is 12.7 Å². The molecule has 1 saturated heterocycles. The Morgan fingerprint density at radius 2 is 1.82 bits per heavy atom. The second-order valence-corrected chi connectivity index (χ2v) is 8.94. The number of hydrogen-bond acceptors (Lipinski definition) is 4. The van der Waals surface area contributed by atoms with Crippen LogP contribution in [0.4, 0.5) is 0 Å². The molecule has 0 aromatic rings. The molecule has 128 valence electrons. The van der Waals surface area contributed by atoms with Gasteiger partial charge in [-0.3, -0.25) is 0 Å². The van der Waals surface area contributed by atoms with E-state index in [0.717, 1.165) is 19.3 Å². The van der Waals surface area contributed by atoms with Crippen molar-refractivity contribution in [3.63, 3.8) is 0 Å². The summed E-state index contributed by atoms with van der Waals surface area (Å²) >= 11 is 2.39. The molecule has 2 rings (SSSR count). The summed E-state index contributed by atoms with van der Waals surface area (Å²) in [6, 6.07) is 0. The van der Waals surface area contributed by atoms with Gasteiger partial charge < -0.3 is 18.9 Å². The van der Waals surface area contributed by atoms with E-state index >= 15 is 0 Å². The van der Waals surface area contributed by atoms with Gasteiger partial charge >= 0.3 is 0 Å². The minimum Gasteiger partial charge on any atom is -0.353 e. The summed E-state index contributed by atoms with van der Waals surface area (Å²) in [5.74, 6) is -0.713. The van der Waals surface area contributed by atoms with Crippen LogP contribution >= 0.6 is 22.6 Å². The first-order valence-electron chi connectivity index (χ1n) is 7.92. The minimum absolute atomic E-state index is 0.0666. The molecule has 3 atom stereocenters. The highest BCUT2D eigenvalue weighted by molar-refractivity contribution is 14.1. The maximum atomic E-state index is 6.18. The molecule has 2 fully saturated rings. The first-order chi connectivity index (χ1) is 10.2. The van der Waals surface area contributed by atoms with Crippen LogP contribution in [0.1, 0.15) is 47.0 Å². The van der Waals surface area contributed by atoms with Gasteiger partial charge in [0.2, 0.25) is 0 Å². The lowest BCUT2D eigenvalue weighted by molar-refractivity contribution is -0.253. The molecule has 4 nitrogen and oxygen atoms in total. The third-order valence-electron chi connectivity index (χ3n) is 5.17. The Balaban J connectivity index is 2.30. The summed E-state index contributed by atoms with van der Waals surface area (Å²) in [5.41, 5.74) is 0.0697. The SMILES string of the molecule is COC1(OC)CC[C@@](C)(/C=C(\C)I)[C@H]([C@H]2COC(C)(C)O2)C1. The lowest BCUT2D eigenvalue weighted by Crippen LogP contribution is -2.50. The van der Waals surface area contributed by atoms with Crippen LogP contribution in [0.25, 0.3) is 0 Å². The van der Waals surface area contributed by atoms with Crippen LogP contribution in [-0.4, -0.2) is 38.5 Å². The Morgan fingerprint density at radius 1 is 1.18 bits per heavy atom. The van der Waals surface area contributed by atoms with Gasteiger partial charge in [0.1, 0.15) is 0 Å². The Hall–Kier alpha value is 0.310. The van der Waals surface area contributed by atoms with Gasteiger partial charge in [-0.25, -0.2) is 0 Å². The van der Waals surface area contributed by atoms with E-state index in [4.69, 9.17) is 18.9 Å². The Kier molecular flexibility index (Phi) is 5.65. The summed E-state index contributed by atoms with van der Waals surface area (Å²) in [7, 11) is 3.47. The molecule has 0 amide bonds. The molecular formula is C17H29IO4. The van der Waals surface area contributed by atoms with Gasteiger partial charge in [0.15, 0.2) is 11.6 Å². The van der Waals surface area contributed by atoms with Gasteiger partial charge in [-0.2, -0.15) is 0 Å². The highest BCUT2D eigenvalue weighted by atomic mass is 127. The molecule has 1 aliphatic carbocycles. The van der Waals surface area contributed by atoms with Gasteiger partial charge in [0, 0.05) is 33.0 Å². The van der Waals surface area contributed by atoms with Crippen molar-refractivity contribution < 1.29 is 18.9 Å². The van der Waals surface area contributed by atoms with Crippen LogP contribution in [0.2, 0.25) is 0 Å². The maximum absolute atomic E-state index is 6.18. The Bertz CT molecular complexity index is 426. The highest BCUT2D eigenvalue weighted by Crippen LogP contribution is 2.51. The molecule has 1 aliphatic heterocycles. The predicted molar refractivity (Wildman–Crippen MR) is 94.9 cm³/mol. The number of rotatable bonds is 4. The highest BCUT2D eigenvalue weighted by Gasteiger charge is 2.52. The van der Waals surface area contributed by atoms with Crippen molar-refractivity contribution in [3.8, 4) is 0 Å². The molecule has 5 heteroatoms. The quantitative estimate of drug-likeness (QED) is 0.499. The normalized spacial score (nSPS) is 38.2. The van der Waals surface area contributed by atoms with Crippen LogP contribution in [0.3, 0.4) is 0 Å². The van der Waals surface area contributed by atoms with Crippen LogP contribution in [0.15, 0.2) is 9.66 Å². The van der Waals surface area contributed by atoms with Crippen molar-refractivity contribution in [2.24, 2.45) is 11.3 Å². The van der Waals surface area contributed by atoms with Crippen molar-refractivity contribution >= 4 is 22.6 Å². The van der Waals surface area contributed by atoms with Crippen LogP contribution in [0, 0.1) is 11.3 Å². The van der Waals surface area contributed by atoms with Gasteiger partial charge in [-0.15, -0.1) is 0 Å². The van der Waals surface area contributed by atoms with E-state index < -0.39 is 11.6 Å². The molecule has 2 aliphatic rings. The number of allylic oxidation sites excluding steroid dienone is 2. The molecule has 1 heterocycles. The molecular weight excluding hydrogens is 395 g/mol. The Labute approximate surface area is 148 Å². The van der Waals surface area contributed by atoms with Gasteiger partial charge in [-0.05, 0) is 58.8 Å². The van der Waals surface area contributed by atoms with Crippen LogP contribution in [-0.2, 0) is 18.9 Å². The zero-order valence-electron chi connectivity index (χ0n) is 14.6. The van der Waals surface area contributed by atoms with E-state index in [1.165, 1.54) is 3.58 Å². The second-order valence-electron chi connectivity index (χ2n) is 7.23. The number of ether oxygens (including phenoxy) is 4. The van der Waals surface area contributed by atoms with E-state index in [1.54, 1.807) is 14.2 Å². The van der Waals surface area contributed by atoms with Crippen molar-refractivity contribution in [3.05, 3.63) is 9.66 Å². The lowest BCUT2D eigenvalue weighted by atomic mass is 9.63. The largest absolute Gasteiger partial charge is 0.353 e. The van der Waals surface area contributed by atoms with Crippen molar-refractivity contribution in [1.82, 2.24) is 0 Å². The van der Waals surface area contributed by atoms with Crippen molar-refractivity contribution in [2.45, 2.75) is 64.6 Å².